The van der Waals surface area contributed by atoms with Crippen molar-refractivity contribution in [3.63, 3.8) is 0 Å². The van der Waals surface area contributed by atoms with Crippen molar-refractivity contribution in [2.75, 3.05) is 6.54 Å². The Kier molecular flexibility index (Phi) is 3.95. The molecule has 2 heteroatoms. The molecule has 0 aromatic rings. The summed E-state index contributed by atoms with van der Waals surface area (Å²) in [5.74, 6) is 0. The van der Waals surface area contributed by atoms with E-state index >= 15 is 0 Å². The van der Waals surface area contributed by atoms with Crippen molar-refractivity contribution in [3.8, 4) is 0 Å². The van der Waals surface area contributed by atoms with Crippen LogP contribution in [0.4, 0.5) is 0 Å². The molecule has 0 radical (unpaired) electrons. The Labute approximate surface area is 112 Å². The Morgan fingerprint density at radius 3 is 2.44 bits per heavy atom. The zero-order valence-electron chi connectivity index (χ0n) is 11.9. The zero-order chi connectivity index (χ0) is 12.4. The molecule has 18 heavy (non-hydrogen) atoms. The van der Waals surface area contributed by atoms with Crippen molar-refractivity contribution in [3.05, 3.63) is 0 Å². The smallest absolute Gasteiger partial charge is 0.0585 e. The molecule has 2 atom stereocenters. The Bertz CT molecular complexity index is 268. The van der Waals surface area contributed by atoms with Gasteiger partial charge in [0.05, 0.1) is 12.2 Å². The summed E-state index contributed by atoms with van der Waals surface area (Å²) < 4.78 is 6.08. The molecule has 3 fully saturated rings. The molecule has 1 heterocycles. The van der Waals surface area contributed by atoms with Gasteiger partial charge in [0.2, 0.25) is 0 Å². The third kappa shape index (κ3) is 3.27. The predicted molar refractivity (Wildman–Crippen MR) is 74.7 cm³/mol. The fourth-order valence-corrected chi connectivity index (χ4v) is 3.92. The largest absolute Gasteiger partial charge is 0.375 e. The average molecular weight is 251 g/mol. The summed E-state index contributed by atoms with van der Waals surface area (Å²) in [7, 11) is 0. The van der Waals surface area contributed by atoms with Gasteiger partial charge in [-0.05, 0) is 57.3 Å². The zero-order valence-corrected chi connectivity index (χ0v) is 11.9. The third-order valence-corrected chi connectivity index (χ3v) is 5.24. The number of hydrogen-bond acceptors (Lipinski definition) is 2. The molecular formula is C16H29NO. The summed E-state index contributed by atoms with van der Waals surface area (Å²) >= 11 is 0. The van der Waals surface area contributed by atoms with Gasteiger partial charge in [-0.2, -0.15) is 0 Å². The van der Waals surface area contributed by atoms with E-state index in [2.05, 4.69) is 12.2 Å². The number of rotatable bonds is 5. The molecule has 3 aliphatic rings. The molecule has 0 aromatic heterocycles. The van der Waals surface area contributed by atoms with Crippen molar-refractivity contribution < 1.29 is 4.74 Å². The minimum atomic E-state index is 0.507. The summed E-state index contributed by atoms with van der Waals surface area (Å²) in [6.07, 6.45) is 15.0. The third-order valence-electron chi connectivity index (χ3n) is 5.24. The summed E-state index contributed by atoms with van der Waals surface area (Å²) in [4.78, 5) is 0. The van der Waals surface area contributed by atoms with Gasteiger partial charge in [-0.3, -0.25) is 0 Å². The quantitative estimate of drug-likeness (QED) is 0.805. The molecule has 1 saturated heterocycles. The van der Waals surface area contributed by atoms with Crippen LogP contribution >= 0.6 is 0 Å². The van der Waals surface area contributed by atoms with Crippen LogP contribution < -0.4 is 5.32 Å². The number of hydrogen-bond donors (Lipinski definition) is 1. The highest BCUT2D eigenvalue weighted by Gasteiger charge is 2.37. The van der Waals surface area contributed by atoms with Crippen molar-refractivity contribution in [1.29, 1.82) is 0 Å². The minimum absolute atomic E-state index is 0.507. The molecule has 2 aliphatic carbocycles. The van der Waals surface area contributed by atoms with Gasteiger partial charge in [0.15, 0.2) is 0 Å². The molecule has 2 nitrogen and oxygen atoms in total. The maximum atomic E-state index is 6.08. The maximum Gasteiger partial charge on any atom is 0.0585 e. The van der Waals surface area contributed by atoms with Crippen molar-refractivity contribution >= 4 is 0 Å². The second-order valence-corrected chi connectivity index (χ2v) is 7.07. The van der Waals surface area contributed by atoms with Crippen LogP contribution in [0.1, 0.15) is 71.1 Å². The highest BCUT2D eigenvalue weighted by Crippen LogP contribution is 2.42. The topological polar surface area (TPSA) is 21.3 Å². The van der Waals surface area contributed by atoms with Crippen LogP contribution in [0.5, 0.6) is 0 Å². The summed E-state index contributed by atoms with van der Waals surface area (Å²) in [5.41, 5.74) is 0.565. The Hall–Kier alpha value is -0.0800. The molecule has 0 amide bonds. The fourth-order valence-electron chi connectivity index (χ4n) is 3.92. The van der Waals surface area contributed by atoms with Gasteiger partial charge in [-0.25, -0.2) is 0 Å². The van der Waals surface area contributed by atoms with E-state index in [1.54, 1.807) is 0 Å². The van der Waals surface area contributed by atoms with Crippen LogP contribution in [0.25, 0.3) is 0 Å². The van der Waals surface area contributed by atoms with E-state index < -0.39 is 0 Å². The average Bonchev–Trinajstić information content (AvgIpc) is 3.12. The second-order valence-electron chi connectivity index (χ2n) is 7.07. The van der Waals surface area contributed by atoms with Crippen LogP contribution in [0, 0.1) is 5.41 Å². The molecule has 3 rings (SSSR count). The fraction of sp³-hybridized carbons (Fsp3) is 1.00. The van der Waals surface area contributed by atoms with Crippen molar-refractivity contribution in [1.82, 2.24) is 5.32 Å². The summed E-state index contributed by atoms with van der Waals surface area (Å²) in [6.45, 7) is 3.49. The first-order valence-corrected chi connectivity index (χ1v) is 8.15. The molecule has 2 unspecified atom stereocenters. The summed E-state index contributed by atoms with van der Waals surface area (Å²) in [5, 5.41) is 3.80. The van der Waals surface area contributed by atoms with E-state index in [0.717, 1.165) is 6.04 Å². The lowest BCUT2D eigenvalue weighted by molar-refractivity contribution is 0.0105. The highest BCUT2D eigenvalue weighted by atomic mass is 16.5. The molecule has 0 aromatic carbocycles. The van der Waals surface area contributed by atoms with E-state index in [1.165, 1.54) is 70.8 Å². The standard InChI is InChI=1S/C16H29NO/c1-13-5-8-15(18-13)11-16(9-3-2-4-10-16)12-17-14-6-7-14/h13-15,17H,2-12H2,1H3. The second kappa shape index (κ2) is 5.50. The van der Waals surface area contributed by atoms with E-state index in [1.807, 2.05) is 0 Å². The van der Waals surface area contributed by atoms with Crippen molar-refractivity contribution in [2.24, 2.45) is 5.41 Å². The lowest BCUT2D eigenvalue weighted by Gasteiger charge is -2.39. The molecule has 0 bridgehead atoms. The SMILES string of the molecule is CC1CCC(CC2(CNC3CC3)CCCCC2)O1. The Morgan fingerprint density at radius 2 is 1.83 bits per heavy atom. The monoisotopic (exact) mass is 251 g/mol. The van der Waals surface area contributed by atoms with E-state index in [0.29, 0.717) is 17.6 Å². The van der Waals surface area contributed by atoms with Crippen LogP contribution in [0.2, 0.25) is 0 Å². The normalized spacial score (nSPS) is 35.8. The highest BCUT2D eigenvalue weighted by molar-refractivity contribution is 4.92. The van der Waals surface area contributed by atoms with Crippen molar-refractivity contribution in [2.45, 2.75) is 89.4 Å². The summed E-state index contributed by atoms with van der Waals surface area (Å²) in [6, 6.07) is 0.854. The maximum absolute atomic E-state index is 6.08. The van der Waals surface area contributed by atoms with E-state index in [4.69, 9.17) is 4.74 Å². The van der Waals surface area contributed by atoms with E-state index in [9.17, 15) is 0 Å². The molecule has 2 saturated carbocycles. The lowest BCUT2D eigenvalue weighted by atomic mass is 9.70. The first-order valence-electron chi connectivity index (χ1n) is 8.15. The van der Waals surface area contributed by atoms with Gasteiger partial charge in [0.25, 0.3) is 0 Å². The van der Waals surface area contributed by atoms with E-state index in [-0.39, 0.29) is 0 Å². The van der Waals surface area contributed by atoms with Crippen LogP contribution in [-0.4, -0.2) is 24.8 Å². The Balaban J connectivity index is 1.56. The lowest BCUT2D eigenvalue weighted by Crippen LogP contribution is -2.39. The van der Waals surface area contributed by atoms with Gasteiger partial charge >= 0.3 is 0 Å². The molecule has 1 N–H and O–H groups in total. The van der Waals surface area contributed by atoms with Gasteiger partial charge in [0, 0.05) is 12.6 Å². The van der Waals surface area contributed by atoms with Gasteiger partial charge in [-0.15, -0.1) is 0 Å². The van der Waals surface area contributed by atoms with Gasteiger partial charge in [0.1, 0.15) is 0 Å². The van der Waals surface area contributed by atoms with Crippen LogP contribution in [-0.2, 0) is 4.74 Å². The van der Waals surface area contributed by atoms with Gasteiger partial charge in [-0.1, -0.05) is 19.3 Å². The van der Waals surface area contributed by atoms with Gasteiger partial charge < -0.3 is 10.1 Å². The predicted octanol–water partition coefficient (Wildman–Crippen LogP) is 3.65. The van der Waals surface area contributed by atoms with Crippen LogP contribution in [0.3, 0.4) is 0 Å². The Morgan fingerprint density at radius 1 is 1.06 bits per heavy atom. The first kappa shape index (κ1) is 12.9. The molecular weight excluding hydrogens is 222 g/mol. The minimum Gasteiger partial charge on any atom is -0.375 e. The number of nitrogens with one attached hydrogen (secondary N) is 1. The first-order chi connectivity index (χ1) is 8.76. The molecule has 0 spiro atoms. The number of ether oxygens (including phenoxy) is 1. The van der Waals surface area contributed by atoms with Crippen LogP contribution in [0.15, 0.2) is 0 Å². The molecule has 1 aliphatic heterocycles. The molecule has 104 valence electrons.